The maximum Gasteiger partial charge on any atom is 0.104 e. The van der Waals surface area contributed by atoms with Crippen LogP contribution in [0.3, 0.4) is 0 Å². The zero-order valence-electron chi connectivity index (χ0n) is 10.8. The fraction of sp³-hybridized carbons (Fsp3) is 0.571. The fourth-order valence-electron chi connectivity index (χ4n) is 2.58. The molecule has 4 heteroatoms. The van der Waals surface area contributed by atoms with E-state index in [4.69, 9.17) is 11.0 Å². The number of hydrogen-bond acceptors (Lipinski definition) is 4. The van der Waals surface area contributed by atoms with Gasteiger partial charge in [-0.1, -0.05) is 6.07 Å². The first kappa shape index (κ1) is 13.0. The lowest BCUT2D eigenvalue weighted by Gasteiger charge is -2.36. The van der Waals surface area contributed by atoms with Crippen molar-refractivity contribution in [1.29, 1.82) is 5.26 Å². The van der Waals surface area contributed by atoms with Gasteiger partial charge in [-0.15, -0.1) is 0 Å². The lowest BCUT2D eigenvalue weighted by atomic mass is 9.81. The predicted molar refractivity (Wildman–Crippen MR) is 70.5 cm³/mol. The summed E-state index contributed by atoms with van der Waals surface area (Å²) in [6.07, 6.45) is 7.29. The Morgan fingerprint density at radius 1 is 1.56 bits per heavy atom. The van der Waals surface area contributed by atoms with Crippen LogP contribution < -0.4 is 5.73 Å². The van der Waals surface area contributed by atoms with E-state index >= 15 is 0 Å². The van der Waals surface area contributed by atoms with Crippen LogP contribution in [0.2, 0.25) is 0 Å². The smallest absolute Gasteiger partial charge is 0.104 e. The van der Waals surface area contributed by atoms with Crippen LogP contribution in [-0.4, -0.2) is 28.5 Å². The molecule has 0 atom stereocenters. The van der Waals surface area contributed by atoms with Crippen LogP contribution in [-0.2, 0) is 6.54 Å². The number of aromatic nitrogens is 1. The van der Waals surface area contributed by atoms with Crippen molar-refractivity contribution >= 4 is 0 Å². The molecule has 1 aromatic rings. The Labute approximate surface area is 108 Å². The lowest BCUT2D eigenvalue weighted by molar-refractivity contribution is 0.161. The third-order valence-corrected chi connectivity index (χ3v) is 3.85. The Kier molecular flexibility index (Phi) is 3.95. The predicted octanol–water partition coefficient (Wildman–Crippen LogP) is 1.68. The van der Waals surface area contributed by atoms with Crippen molar-refractivity contribution in [3.63, 3.8) is 0 Å². The molecule has 0 unspecified atom stereocenters. The summed E-state index contributed by atoms with van der Waals surface area (Å²) >= 11 is 0. The zero-order chi connectivity index (χ0) is 13.0. The summed E-state index contributed by atoms with van der Waals surface area (Å²) in [6.45, 7) is 0.905. The molecule has 18 heavy (non-hydrogen) atoms. The molecule has 1 aliphatic carbocycles. The number of nitrogens with zero attached hydrogens (tertiary/aromatic N) is 3. The van der Waals surface area contributed by atoms with Crippen molar-refractivity contribution in [1.82, 2.24) is 9.88 Å². The van der Waals surface area contributed by atoms with Crippen molar-refractivity contribution in [2.24, 2.45) is 5.73 Å². The number of hydrogen-bond donors (Lipinski definition) is 1. The molecule has 0 radical (unpaired) electrons. The Balaban J connectivity index is 1.89. The minimum atomic E-state index is -0.592. The van der Waals surface area contributed by atoms with Gasteiger partial charge in [-0.2, -0.15) is 5.26 Å². The van der Waals surface area contributed by atoms with Gasteiger partial charge in [-0.3, -0.25) is 9.88 Å². The molecule has 0 saturated heterocycles. The summed E-state index contributed by atoms with van der Waals surface area (Å²) in [5.41, 5.74) is 6.62. The highest BCUT2D eigenvalue weighted by Crippen LogP contribution is 2.28. The molecule has 1 fully saturated rings. The van der Waals surface area contributed by atoms with Gasteiger partial charge in [0.1, 0.15) is 5.54 Å². The van der Waals surface area contributed by atoms with E-state index in [1.165, 1.54) is 5.56 Å². The van der Waals surface area contributed by atoms with Gasteiger partial charge in [0, 0.05) is 25.0 Å². The molecule has 0 spiro atoms. The van der Waals surface area contributed by atoms with Crippen LogP contribution in [0.1, 0.15) is 31.2 Å². The van der Waals surface area contributed by atoms with Crippen molar-refractivity contribution in [2.75, 3.05) is 7.05 Å². The molecular formula is C14H20N4. The minimum Gasteiger partial charge on any atom is -0.313 e. The molecule has 1 aromatic heterocycles. The second kappa shape index (κ2) is 5.47. The van der Waals surface area contributed by atoms with Gasteiger partial charge in [-0.05, 0) is 44.4 Å². The van der Waals surface area contributed by atoms with Crippen molar-refractivity contribution < 1.29 is 0 Å². The van der Waals surface area contributed by atoms with E-state index in [0.29, 0.717) is 6.04 Å². The van der Waals surface area contributed by atoms with Crippen molar-refractivity contribution in [3.05, 3.63) is 30.1 Å². The van der Waals surface area contributed by atoms with Gasteiger partial charge in [0.2, 0.25) is 0 Å². The molecule has 0 amide bonds. The SMILES string of the molecule is CN(Cc1cccnc1)C1CCC(N)(C#N)CC1. The van der Waals surface area contributed by atoms with Gasteiger partial charge in [0.15, 0.2) is 0 Å². The zero-order valence-corrected chi connectivity index (χ0v) is 10.8. The van der Waals surface area contributed by atoms with E-state index < -0.39 is 5.54 Å². The molecule has 0 aliphatic heterocycles. The Bertz CT molecular complexity index is 415. The first-order valence-corrected chi connectivity index (χ1v) is 6.42. The van der Waals surface area contributed by atoms with Gasteiger partial charge < -0.3 is 5.73 Å². The molecule has 1 heterocycles. The molecule has 1 aliphatic rings. The molecule has 1 saturated carbocycles. The Morgan fingerprint density at radius 2 is 2.28 bits per heavy atom. The van der Waals surface area contributed by atoms with Gasteiger partial charge in [0.25, 0.3) is 0 Å². The number of nitriles is 1. The second-order valence-corrected chi connectivity index (χ2v) is 5.28. The van der Waals surface area contributed by atoms with E-state index in [9.17, 15) is 0 Å². The topological polar surface area (TPSA) is 65.9 Å². The Hall–Kier alpha value is -1.44. The average molecular weight is 244 g/mol. The molecule has 4 nitrogen and oxygen atoms in total. The summed E-state index contributed by atoms with van der Waals surface area (Å²) in [5, 5.41) is 9.01. The van der Waals surface area contributed by atoms with E-state index in [1.54, 1.807) is 6.20 Å². The first-order chi connectivity index (χ1) is 8.63. The van der Waals surface area contributed by atoms with Crippen LogP contribution in [0.5, 0.6) is 0 Å². The summed E-state index contributed by atoms with van der Waals surface area (Å²) in [4.78, 5) is 6.47. The maximum atomic E-state index is 9.01. The van der Waals surface area contributed by atoms with E-state index in [2.05, 4.69) is 29.1 Å². The number of rotatable bonds is 3. The molecule has 2 rings (SSSR count). The van der Waals surface area contributed by atoms with Crippen LogP contribution in [0.15, 0.2) is 24.5 Å². The highest BCUT2D eigenvalue weighted by atomic mass is 15.1. The van der Waals surface area contributed by atoms with E-state index in [1.807, 2.05) is 12.3 Å². The average Bonchev–Trinajstić information content (AvgIpc) is 2.40. The molecular weight excluding hydrogens is 224 g/mol. The molecule has 96 valence electrons. The minimum absolute atomic E-state index is 0.523. The molecule has 0 aromatic carbocycles. The summed E-state index contributed by atoms with van der Waals surface area (Å²) in [7, 11) is 2.13. The normalized spacial score (nSPS) is 28.0. The summed E-state index contributed by atoms with van der Waals surface area (Å²) < 4.78 is 0. The highest BCUT2D eigenvalue weighted by Gasteiger charge is 2.32. The maximum absolute atomic E-state index is 9.01. The van der Waals surface area contributed by atoms with Gasteiger partial charge >= 0.3 is 0 Å². The first-order valence-electron chi connectivity index (χ1n) is 6.42. The molecule has 2 N–H and O–H groups in total. The second-order valence-electron chi connectivity index (χ2n) is 5.28. The Morgan fingerprint density at radius 3 is 2.83 bits per heavy atom. The van der Waals surface area contributed by atoms with E-state index in [-0.39, 0.29) is 0 Å². The third-order valence-electron chi connectivity index (χ3n) is 3.85. The number of nitrogens with two attached hydrogens (primary N) is 1. The van der Waals surface area contributed by atoms with Crippen LogP contribution in [0.25, 0.3) is 0 Å². The van der Waals surface area contributed by atoms with Crippen molar-refractivity contribution in [3.8, 4) is 6.07 Å². The largest absolute Gasteiger partial charge is 0.313 e. The number of pyridine rings is 1. The summed E-state index contributed by atoms with van der Waals surface area (Å²) in [5.74, 6) is 0. The highest BCUT2D eigenvalue weighted by molar-refractivity contribution is 5.10. The standard InChI is InChI=1S/C14H20N4/c1-18(10-12-3-2-8-17-9-12)13-4-6-14(16,11-15)7-5-13/h2-3,8-9,13H,4-7,10,16H2,1H3. The van der Waals surface area contributed by atoms with Gasteiger partial charge in [-0.25, -0.2) is 0 Å². The van der Waals surface area contributed by atoms with Crippen LogP contribution in [0.4, 0.5) is 0 Å². The fourth-order valence-corrected chi connectivity index (χ4v) is 2.58. The quantitative estimate of drug-likeness (QED) is 0.878. The third kappa shape index (κ3) is 3.06. The van der Waals surface area contributed by atoms with Crippen molar-refractivity contribution in [2.45, 2.75) is 43.8 Å². The van der Waals surface area contributed by atoms with E-state index in [0.717, 1.165) is 32.2 Å². The summed E-state index contributed by atoms with van der Waals surface area (Å²) in [6, 6.07) is 6.82. The monoisotopic (exact) mass is 244 g/mol. The van der Waals surface area contributed by atoms with Crippen LogP contribution >= 0.6 is 0 Å². The van der Waals surface area contributed by atoms with Gasteiger partial charge in [0.05, 0.1) is 6.07 Å². The lowest BCUT2D eigenvalue weighted by Crippen LogP contribution is -2.46. The van der Waals surface area contributed by atoms with Crippen LogP contribution in [0, 0.1) is 11.3 Å². The molecule has 0 bridgehead atoms.